The van der Waals surface area contributed by atoms with E-state index in [9.17, 15) is 19.2 Å². The number of ether oxygens (including phenoxy) is 1. The van der Waals surface area contributed by atoms with Crippen LogP contribution in [0.25, 0.3) is 0 Å². The van der Waals surface area contributed by atoms with Crippen LogP contribution in [-0.4, -0.2) is 53.5 Å². The van der Waals surface area contributed by atoms with Gasteiger partial charge < -0.3 is 15.4 Å². The van der Waals surface area contributed by atoms with Crippen LogP contribution in [0, 0.1) is 0 Å². The predicted molar refractivity (Wildman–Crippen MR) is 115 cm³/mol. The molecule has 9 nitrogen and oxygen atoms in total. The molecule has 9 heteroatoms. The summed E-state index contributed by atoms with van der Waals surface area (Å²) in [5.74, 6) is -1.06. The Hall–Kier alpha value is -3.88. The molecular weight excluding hydrogens is 400 g/mol. The van der Waals surface area contributed by atoms with Crippen molar-refractivity contribution in [3.05, 3.63) is 59.7 Å². The van der Waals surface area contributed by atoms with E-state index in [1.165, 1.54) is 23.0 Å². The molecule has 162 valence electrons. The zero-order chi connectivity index (χ0) is 22.4. The van der Waals surface area contributed by atoms with E-state index in [1.807, 2.05) is 0 Å². The molecule has 1 saturated heterocycles. The highest BCUT2D eigenvalue weighted by Crippen LogP contribution is 2.20. The van der Waals surface area contributed by atoms with E-state index in [0.29, 0.717) is 42.0 Å². The van der Waals surface area contributed by atoms with Crippen LogP contribution >= 0.6 is 0 Å². The Morgan fingerprint density at radius 1 is 0.903 bits per heavy atom. The van der Waals surface area contributed by atoms with E-state index in [0.717, 1.165) is 0 Å². The second-order valence-electron chi connectivity index (χ2n) is 6.90. The van der Waals surface area contributed by atoms with Crippen LogP contribution < -0.4 is 10.6 Å². The van der Waals surface area contributed by atoms with Crippen molar-refractivity contribution >= 4 is 35.2 Å². The molecule has 0 saturated carbocycles. The number of nitrogens with zero attached hydrogens (tertiary/aromatic N) is 2. The van der Waals surface area contributed by atoms with E-state index in [2.05, 4.69) is 10.6 Å². The number of hydrogen-bond acceptors (Lipinski definition) is 5. The Kier molecular flexibility index (Phi) is 6.86. The minimum atomic E-state index is -0.482. The molecule has 1 aliphatic heterocycles. The van der Waals surface area contributed by atoms with Gasteiger partial charge in [0.1, 0.15) is 0 Å². The van der Waals surface area contributed by atoms with Gasteiger partial charge in [0.2, 0.25) is 5.91 Å². The Balaban J connectivity index is 1.72. The summed E-state index contributed by atoms with van der Waals surface area (Å²) in [6, 6.07) is 12.5. The van der Waals surface area contributed by atoms with Gasteiger partial charge in [0.25, 0.3) is 5.91 Å². The average Bonchev–Trinajstić information content (AvgIpc) is 3.23. The van der Waals surface area contributed by atoms with E-state index in [1.54, 1.807) is 49.4 Å². The number of carbonyl (C=O) groups is 4. The molecule has 4 amide bonds. The first kappa shape index (κ1) is 21.8. The van der Waals surface area contributed by atoms with Gasteiger partial charge in [-0.2, -0.15) is 0 Å². The Morgan fingerprint density at radius 2 is 1.52 bits per heavy atom. The van der Waals surface area contributed by atoms with Crippen molar-refractivity contribution in [3.63, 3.8) is 0 Å². The van der Waals surface area contributed by atoms with E-state index >= 15 is 0 Å². The predicted octanol–water partition coefficient (Wildman–Crippen LogP) is 3.12. The molecule has 1 heterocycles. The van der Waals surface area contributed by atoms with Crippen molar-refractivity contribution in [1.82, 2.24) is 10.0 Å². The molecule has 31 heavy (non-hydrogen) atoms. The molecule has 0 atom stereocenters. The lowest BCUT2D eigenvalue weighted by atomic mass is 10.2. The minimum absolute atomic E-state index is 0.239. The smallest absolute Gasteiger partial charge is 0.340 e. The highest BCUT2D eigenvalue weighted by Gasteiger charge is 2.31. The molecule has 2 N–H and O–H groups in total. The molecule has 2 aromatic rings. The first-order valence-corrected chi connectivity index (χ1v) is 9.94. The van der Waals surface area contributed by atoms with Gasteiger partial charge in [-0.25, -0.2) is 19.6 Å². The third-order valence-corrected chi connectivity index (χ3v) is 4.55. The summed E-state index contributed by atoms with van der Waals surface area (Å²) in [6.45, 7) is 4.12. The normalized spacial score (nSPS) is 13.0. The lowest BCUT2D eigenvalue weighted by Crippen LogP contribution is -2.46. The van der Waals surface area contributed by atoms with Gasteiger partial charge in [-0.3, -0.25) is 9.59 Å². The van der Waals surface area contributed by atoms with Gasteiger partial charge in [-0.05, 0) is 49.7 Å². The van der Waals surface area contributed by atoms with Gasteiger partial charge >= 0.3 is 12.0 Å². The van der Waals surface area contributed by atoms with Gasteiger partial charge in [-0.1, -0.05) is 12.1 Å². The largest absolute Gasteiger partial charge is 0.462 e. The number of anilines is 2. The number of nitrogens with one attached hydrogen (secondary N) is 2. The maximum Gasteiger partial charge on any atom is 0.340 e. The van der Waals surface area contributed by atoms with Crippen LogP contribution in [0.1, 0.15) is 41.0 Å². The number of hydrazine groups is 1. The average molecular weight is 424 g/mol. The third kappa shape index (κ3) is 5.39. The summed E-state index contributed by atoms with van der Waals surface area (Å²) in [4.78, 5) is 49.0. The number of amides is 4. The number of benzene rings is 2. The molecule has 0 aliphatic carbocycles. The number of urea groups is 1. The lowest BCUT2D eigenvalue weighted by Gasteiger charge is -2.28. The number of esters is 1. The lowest BCUT2D eigenvalue weighted by molar-refractivity contribution is -0.114. The topological polar surface area (TPSA) is 108 Å². The van der Waals surface area contributed by atoms with Gasteiger partial charge in [0, 0.05) is 37.0 Å². The summed E-state index contributed by atoms with van der Waals surface area (Å²) >= 11 is 0. The fraction of sp³-hybridized carbons (Fsp3) is 0.273. The quantitative estimate of drug-likeness (QED) is 0.717. The van der Waals surface area contributed by atoms with Gasteiger partial charge in [0.05, 0.1) is 12.2 Å². The zero-order valence-electron chi connectivity index (χ0n) is 17.4. The van der Waals surface area contributed by atoms with E-state index in [-0.39, 0.29) is 18.4 Å². The van der Waals surface area contributed by atoms with Crippen LogP contribution in [0.3, 0.4) is 0 Å². The standard InChI is InChI=1S/C22H24N4O5/c1-3-31-21(29)17-8-5-10-19(14-17)24-22(30)26-12-6-11-25(26)20(28)16-7-4-9-18(13-16)23-15(2)27/h4-5,7-10,13-14H,3,6,11-12H2,1-2H3,(H,23,27)(H,24,30). The second-order valence-corrected chi connectivity index (χ2v) is 6.90. The maximum absolute atomic E-state index is 13.0. The monoisotopic (exact) mass is 424 g/mol. The molecule has 2 aromatic carbocycles. The maximum atomic E-state index is 13.0. The number of hydrogen-bond donors (Lipinski definition) is 2. The van der Waals surface area contributed by atoms with Crippen molar-refractivity contribution in [2.45, 2.75) is 20.3 Å². The van der Waals surface area contributed by atoms with Crippen LogP contribution in [0.15, 0.2) is 48.5 Å². The Morgan fingerprint density at radius 3 is 2.19 bits per heavy atom. The van der Waals surface area contributed by atoms with Crippen molar-refractivity contribution in [2.24, 2.45) is 0 Å². The summed E-state index contributed by atoms with van der Waals surface area (Å²) in [5, 5.41) is 8.07. The summed E-state index contributed by atoms with van der Waals surface area (Å²) in [6.07, 6.45) is 0.632. The molecule has 1 fully saturated rings. The fourth-order valence-corrected chi connectivity index (χ4v) is 3.24. The summed E-state index contributed by atoms with van der Waals surface area (Å²) in [7, 11) is 0. The van der Waals surface area contributed by atoms with Crippen molar-refractivity contribution in [1.29, 1.82) is 0 Å². The molecule has 1 aliphatic rings. The van der Waals surface area contributed by atoms with Gasteiger partial charge in [0.15, 0.2) is 0 Å². The van der Waals surface area contributed by atoms with Crippen molar-refractivity contribution in [2.75, 3.05) is 30.3 Å². The first-order chi connectivity index (χ1) is 14.9. The SMILES string of the molecule is CCOC(=O)c1cccc(NC(=O)N2CCCN2C(=O)c2cccc(NC(C)=O)c2)c1. The third-order valence-electron chi connectivity index (χ3n) is 4.55. The Bertz CT molecular complexity index is 1010. The Labute approximate surface area is 179 Å². The first-order valence-electron chi connectivity index (χ1n) is 9.94. The molecule has 0 unspecified atom stereocenters. The molecule has 0 aromatic heterocycles. The van der Waals surface area contributed by atoms with Crippen LogP contribution in [0.4, 0.5) is 16.2 Å². The number of rotatable bonds is 5. The second kappa shape index (κ2) is 9.75. The van der Waals surface area contributed by atoms with Crippen LogP contribution in [0.5, 0.6) is 0 Å². The van der Waals surface area contributed by atoms with Crippen molar-refractivity contribution < 1.29 is 23.9 Å². The van der Waals surface area contributed by atoms with Crippen LogP contribution in [-0.2, 0) is 9.53 Å². The van der Waals surface area contributed by atoms with E-state index < -0.39 is 12.0 Å². The highest BCUT2D eigenvalue weighted by molar-refractivity contribution is 5.99. The zero-order valence-corrected chi connectivity index (χ0v) is 17.4. The highest BCUT2D eigenvalue weighted by atomic mass is 16.5. The molecule has 0 spiro atoms. The fourth-order valence-electron chi connectivity index (χ4n) is 3.24. The minimum Gasteiger partial charge on any atom is -0.462 e. The summed E-state index contributed by atoms with van der Waals surface area (Å²) < 4.78 is 4.98. The molecule has 3 rings (SSSR count). The van der Waals surface area contributed by atoms with Crippen molar-refractivity contribution in [3.8, 4) is 0 Å². The van der Waals surface area contributed by atoms with Crippen LogP contribution in [0.2, 0.25) is 0 Å². The molecule has 0 radical (unpaired) electrons. The summed E-state index contributed by atoms with van der Waals surface area (Å²) in [5.41, 5.74) is 1.60. The molecule has 0 bridgehead atoms. The van der Waals surface area contributed by atoms with Gasteiger partial charge in [-0.15, -0.1) is 0 Å². The van der Waals surface area contributed by atoms with E-state index in [4.69, 9.17) is 4.74 Å². The molecular formula is C22H24N4O5. The number of carbonyl (C=O) groups excluding carboxylic acids is 4.